The van der Waals surface area contributed by atoms with Crippen molar-refractivity contribution in [3.8, 4) is 0 Å². The Morgan fingerprint density at radius 2 is 2.19 bits per heavy atom. The van der Waals surface area contributed by atoms with E-state index < -0.39 is 0 Å². The highest BCUT2D eigenvalue weighted by atomic mass is 79.9. The molecule has 0 fully saturated rings. The van der Waals surface area contributed by atoms with Crippen LogP contribution in [0.5, 0.6) is 0 Å². The maximum Gasteiger partial charge on any atom is 0.250 e. The first kappa shape index (κ1) is 16.8. The van der Waals surface area contributed by atoms with E-state index in [0.29, 0.717) is 11.7 Å². The van der Waals surface area contributed by atoms with Crippen molar-refractivity contribution in [1.82, 2.24) is 24.7 Å². The number of halogens is 1. The Morgan fingerprint density at radius 1 is 1.27 bits per heavy atom. The first-order chi connectivity index (χ1) is 12.7. The van der Waals surface area contributed by atoms with E-state index in [4.69, 9.17) is 0 Å². The Morgan fingerprint density at radius 3 is 2.96 bits per heavy atom. The van der Waals surface area contributed by atoms with E-state index >= 15 is 0 Å². The summed E-state index contributed by atoms with van der Waals surface area (Å²) in [4.78, 5) is 27.3. The Balaban J connectivity index is 1.69. The van der Waals surface area contributed by atoms with Crippen LogP contribution >= 0.6 is 27.3 Å². The number of hydrogen-bond donors (Lipinski definition) is 0. The van der Waals surface area contributed by atoms with Crippen LogP contribution in [0.4, 0.5) is 5.13 Å². The van der Waals surface area contributed by atoms with Crippen molar-refractivity contribution in [2.45, 2.75) is 13.1 Å². The Bertz CT molecular complexity index is 1030. The van der Waals surface area contributed by atoms with E-state index in [-0.39, 0.29) is 12.5 Å². The highest BCUT2D eigenvalue weighted by molar-refractivity contribution is 9.10. The van der Waals surface area contributed by atoms with Gasteiger partial charge in [-0.05, 0) is 29.8 Å². The summed E-state index contributed by atoms with van der Waals surface area (Å²) >= 11 is 4.95. The molecule has 0 saturated carbocycles. The van der Waals surface area contributed by atoms with Gasteiger partial charge in [-0.15, -0.1) is 0 Å². The summed E-state index contributed by atoms with van der Waals surface area (Å²) in [7, 11) is 0. The van der Waals surface area contributed by atoms with E-state index in [2.05, 4.69) is 36.0 Å². The molecule has 130 valence electrons. The fraction of sp³-hybridized carbons (Fsp3) is 0.118. The Labute approximate surface area is 161 Å². The molecule has 9 heteroatoms. The molecule has 1 amide bonds. The van der Waals surface area contributed by atoms with Gasteiger partial charge in [-0.25, -0.2) is 14.6 Å². The third-order valence-corrected chi connectivity index (χ3v) is 5.23. The third-order valence-electron chi connectivity index (χ3n) is 3.70. The summed E-state index contributed by atoms with van der Waals surface area (Å²) in [5.41, 5.74) is 1.79. The molecule has 1 aromatic carbocycles. The topological polar surface area (TPSA) is 76.8 Å². The van der Waals surface area contributed by atoms with Crippen LogP contribution in [0.25, 0.3) is 10.2 Å². The van der Waals surface area contributed by atoms with Gasteiger partial charge in [0.2, 0.25) is 0 Å². The number of nitrogens with zero attached hydrogens (tertiary/aromatic N) is 6. The fourth-order valence-corrected chi connectivity index (χ4v) is 4.01. The van der Waals surface area contributed by atoms with E-state index in [9.17, 15) is 4.79 Å². The van der Waals surface area contributed by atoms with Crippen LogP contribution in [0.2, 0.25) is 0 Å². The molecule has 0 bridgehead atoms. The summed E-state index contributed by atoms with van der Waals surface area (Å²) in [6.07, 6.45) is 6.39. The van der Waals surface area contributed by atoms with Crippen molar-refractivity contribution in [2.75, 3.05) is 4.90 Å². The number of pyridine rings is 1. The average molecular weight is 429 g/mol. The molecule has 3 heterocycles. The number of rotatable bonds is 5. The van der Waals surface area contributed by atoms with Crippen molar-refractivity contribution in [1.29, 1.82) is 0 Å². The number of thiazole rings is 1. The first-order valence-electron chi connectivity index (χ1n) is 7.77. The standard InChI is InChI=1S/C17H13BrN6OS/c18-13-3-4-14-15(6-13)26-17(22-14)24(8-12-2-1-5-19-7-12)16(25)9-23-11-20-10-21-23/h1-7,10-11H,8-9H2. The molecule has 4 rings (SSSR count). The second kappa shape index (κ2) is 7.30. The van der Waals surface area contributed by atoms with E-state index in [1.54, 1.807) is 17.3 Å². The van der Waals surface area contributed by atoms with Gasteiger partial charge in [-0.2, -0.15) is 5.10 Å². The van der Waals surface area contributed by atoms with Crippen molar-refractivity contribution in [2.24, 2.45) is 0 Å². The van der Waals surface area contributed by atoms with Crippen molar-refractivity contribution in [3.05, 3.63) is 65.4 Å². The molecule has 4 aromatic rings. The van der Waals surface area contributed by atoms with Gasteiger partial charge < -0.3 is 0 Å². The minimum absolute atomic E-state index is 0.0971. The summed E-state index contributed by atoms with van der Waals surface area (Å²) in [5, 5.41) is 4.66. The van der Waals surface area contributed by atoms with Crippen molar-refractivity contribution >= 4 is 48.5 Å². The minimum atomic E-state index is -0.113. The predicted octanol–water partition coefficient (Wildman–Crippen LogP) is 3.28. The normalized spacial score (nSPS) is 11.0. The van der Waals surface area contributed by atoms with Gasteiger partial charge in [0.1, 0.15) is 19.2 Å². The SMILES string of the molecule is O=C(Cn1cncn1)N(Cc1cccnc1)c1nc2ccc(Br)cc2s1. The summed E-state index contributed by atoms with van der Waals surface area (Å²) in [6, 6.07) is 9.66. The minimum Gasteiger partial charge on any atom is -0.282 e. The van der Waals surface area contributed by atoms with E-state index in [1.165, 1.54) is 28.7 Å². The smallest absolute Gasteiger partial charge is 0.250 e. The molecule has 0 atom stereocenters. The van der Waals surface area contributed by atoms with Gasteiger partial charge in [-0.3, -0.25) is 14.7 Å². The van der Waals surface area contributed by atoms with Gasteiger partial charge in [0.25, 0.3) is 5.91 Å². The molecule has 0 aliphatic carbocycles. The van der Waals surface area contributed by atoms with Gasteiger partial charge in [-0.1, -0.05) is 33.3 Å². The monoisotopic (exact) mass is 428 g/mol. The van der Waals surface area contributed by atoms with Gasteiger partial charge in [0.05, 0.1) is 16.8 Å². The van der Waals surface area contributed by atoms with Crippen LogP contribution in [0, 0.1) is 0 Å². The molecule has 0 spiro atoms. The van der Waals surface area contributed by atoms with Crippen LogP contribution in [-0.2, 0) is 17.9 Å². The lowest BCUT2D eigenvalue weighted by molar-refractivity contribution is -0.119. The third kappa shape index (κ3) is 3.63. The lowest BCUT2D eigenvalue weighted by atomic mass is 10.2. The van der Waals surface area contributed by atoms with E-state index in [0.717, 1.165) is 20.3 Å². The van der Waals surface area contributed by atoms with Crippen LogP contribution in [0.1, 0.15) is 5.56 Å². The highest BCUT2D eigenvalue weighted by Crippen LogP contribution is 2.31. The van der Waals surface area contributed by atoms with Gasteiger partial charge in [0.15, 0.2) is 5.13 Å². The molecular weight excluding hydrogens is 416 g/mol. The number of carbonyl (C=O) groups is 1. The number of benzene rings is 1. The van der Waals surface area contributed by atoms with Gasteiger partial charge in [0, 0.05) is 16.9 Å². The quantitative estimate of drug-likeness (QED) is 0.487. The number of fused-ring (bicyclic) bond motifs is 1. The summed E-state index contributed by atoms with van der Waals surface area (Å²) < 4.78 is 3.50. The molecule has 0 radical (unpaired) electrons. The van der Waals surface area contributed by atoms with Crippen LogP contribution < -0.4 is 4.90 Å². The number of hydrogen-bond acceptors (Lipinski definition) is 6. The Kier molecular flexibility index (Phi) is 4.72. The largest absolute Gasteiger partial charge is 0.282 e. The zero-order valence-corrected chi connectivity index (χ0v) is 15.9. The predicted molar refractivity (Wildman–Crippen MR) is 103 cm³/mol. The van der Waals surface area contributed by atoms with E-state index in [1.807, 2.05) is 30.3 Å². The number of anilines is 1. The second-order valence-electron chi connectivity index (χ2n) is 5.54. The molecule has 0 saturated heterocycles. The molecule has 0 aliphatic rings. The average Bonchev–Trinajstić information content (AvgIpc) is 3.29. The fourth-order valence-electron chi connectivity index (χ4n) is 2.48. The molecule has 7 nitrogen and oxygen atoms in total. The molecule has 26 heavy (non-hydrogen) atoms. The van der Waals surface area contributed by atoms with Crippen molar-refractivity contribution < 1.29 is 4.79 Å². The molecule has 0 aliphatic heterocycles. The molecular formula is C17H13BrN6OS. The zero-order chi connectivity index (χ0) is 17.9. The summed E-state index contributed by atoms with van der Waals surface area (Å²) in [6.45, 7) is 0.488. The van der Waals surface area contributed by atoms with Crippen LogP contribution in [0.3, 0.4) is 0 Å². The molecule has 0 unspecified atom stereocenters. The lowest BCUT2D eigenvalue weighted by Gasteiger charge is -2.19. The lowest BCUT2D eigenvalue weighted by Crippen LogP contribution is -2.33. The number of aromatic nitrogens is 5. The second-order valence-corrected chi connectivity index (χ2v) is 7.47. The summed E-state index contributed by atoms with van der Waals surface area (Å²) in [5.74, 6) is -0.113. The Hall–Kier alpha value is -2.65. The maximum atomic E-state index is 12.9. The molecule has 3 aromatic heterocycles. The first-order valence-corrected chi connectivity index (χ1v) is 9.38. The van der Waals surface area contributed by atoms with Crippen LogP contribution in [0.15, 0.2) is 59.9 Å². The molecule has 0 N–H and O–H groups in total. The number of carbonyl (C=O) groups excluding carboxylic acids is 1. The number of amides is 1. The maximum absolute atomic E-state index is 12.9. The van der Waals surface area contributed by atoms with Crippen molar-refractivity contribution in [3.63, 3.8) is 0 Å². The highest BCUT2D eigenvalue weighted by Gasteiger charge is 2.21. The van der Waals surface area contributed by atoms with Gasteiger partial charge >= 0.3 is 0 Å². The van der Waals surface area contributed by atoms with Crippen LogP contribution in [-0.4, -0.2) is 30.6 Å². The zero-order valence-electron chi connectivity index (χ0n) is 13.5.